The van der Waals surface area contributed by atoms with Crippen LogP contribution < -0.4 is 4.74 Å². The van der Waals surface area contributed by atoms with E-state index in [1.165, 1.54) is 0 Å². The maximum Gasteiger partial charge on any atom is 0.271 e. The van der Waals surface area contributed by atoms with Gasteiger partial charge in [-0.1, -0.05) is 12.1 Å². The summed E-state index contributed by atoms with van der Waals surface area (Å²) in [6, 6.07) is 11.4. The second kappa shape index (κ2) is 7.03. The SMILES string of the molecule is COc1cccc(-c2cc(C(=O)N3CCC[C@H](c4ccn[nH]4)C3)[nH]n2)c1. The Morgan fingerprint density at radius 3 is 3.00 bits per heavy atom. The summed E-state index contributed by atoms with van der Waals surface area (Å²) < 4.78 is 5.25. The Kier molecular flexibility index (Phi) is 4.43. The molecule has 1 amide bonds. The van der Waals surface area contributed by atoms with Gasteiger partial charge in [-0.05, 0) is 37.1 Å². The number of benzene rings is 1. The minimum Gasteiger partial charge on any atom is -0.497 e. The van der Waals surface area contributed by atoms with Gasteiger partial charge in [0.25, 0.3) is 5.91 Å². The van der Waals surface area contributed by atoms with Crippen LogP contribution in [-0.2, 0) is 0 Å². The molecule has 1 atom stereocenters. The fourth-order valence-electron chi connectivity index (χ4n) is 3.44. The van der Waals surface area contributed by atoms with Crippen molar-refractivity contribution in [2.75, 3.05) is 20.2 Å². The maximum absolute atomic E-state index is 12.9. The summed E-state index contributed by atoms with van der Waals surface area (Å²) in [4.78, 5) is 14.8. The van der Waals surface area contributed by atoms with Crippen LogP contribution >= 0.6 is 0 Å². The van der Waals surface area contributed by atoms with Gasteiger partial charge >= 0.3 is 0 Å². The molecular weight excluding hydrogens is 330 g/mol. The summed E-state index contributed by atoms with van der Waals surface area (Å²) in [6.07, 6.45) is 3.79. The summed E-state index contributed by atoms with van der Waals surface area (Å²) in [6.45, 7) is 1.45. The van der Waals surface area contributed by atoms with Crippen molar-refractivity contribution in [3.05, 3.63) is 54.0 Å². The molecule has 0 bridgehead atoms. The van der Waals surface area contributed by atoms with Crippen LogP contribution in [0.15, 0.2) is 42.6 Å². The van der Waals surface area contributed by atoms with Gasteiger partial charge in [0.15, 0.2) is 0 Å². The average molecular weight is 351 g/mol. The van der Waals surface area contributed by atoms with E-state index in [0.717, 1.165) is 42.1 Å². The minimum atomic E-state index is -0.0177. The zero-order valence-corrected chi connectivity index (χ0v) is 14.6. The van der Waals surface area contributed by atoms with E-state index in [1.54, 1.807) is 19.4 Å². The first-order valence-corrected chi connectivity index (χ1v) is 8.73. The zero-order valence-electron chi connectivity index (χ0n) is 14.6. The smallest absolute Gasteiger partial charge is 0.271 e. The van der Waals surface area contributed by atoms with Crippen LogP contribution in [0.5, 0.6) is 5.75 Å². The fourth-order valence-corrected chi connectivity index (χ4v) is 3.44. The van der Waals surface area contributed by atoms with Crippen LogP contribution in [-0.4, -0.2) is 51.4 Å². The topological polar surface area (TPSA) is 86.9 Å². The summed E-state index contributed by atoms with van der Waals surface area (Å²) in [5, 5.41) is 14.2. The monoisotopic (exact) mass is 351 g/mol. The molecule has 7 heteroatoms. The van der Waals surface area contributed by atoms with Gasteiger partial charge in [0.05, 0.1) is 12.8 Å². The summed E-state index contributed by atoms with van der Waals surface area (Å²) in [5.74, 6) is 1.05. The van der Waals surface area contributed by atoms with Gasteiger partial charge in [-0.3, -0.25) is 15.0 Å². The number of carbonyl (C=O) groups excluding carboxylic acids is 1. The van der Waals surface area contributed by atoms with Gasteiger partial charge in [0.1, 0.15) is 11.4 Å². The summed E-state index contributed by atoms with van der Waals surface area (Å²) in [7, 11) is 1.63. The second-order valence-electron chi connectivity index (χ2n) is 6.50. The molecule has 1 aliphatic heterocycles. The van der Waals surface area contributed by atoms with Crippen molar-refractivity contribution in [1.82, 2.24) is 25.3 Å². The van der Waals surface area contributed by atoms with E-state index in [0.29, 0.717) is 18.2 Å². The lowest BCUT2D eigenvalue weighted by molar-refractivity contribution is 0.0700. The molecular formula is C19H21N5O2. The third-order valence-electron chi connectivity index (χ3n) is 4.84. The molecule has 2 aromatic heterocycles. The molecule has 0 unspecified atom stereocenters. The number of rotatable bonds is 4. The standard InChI is InChI=1S/C19H21N5O2/c1-26-15-6-2-4-13(10-15)17-11-18(23-22-17)19(25)24-9-3-5-14(12-24)16-7-8-20-21-16/h2,4,6-8,10-11,14H,3,5,9,12H2,1H3,(H,20,21)(H,22,23)/t14-/m0/s1. The molecule has 7 nitrogen and oxygen atoms in total. The van der Waals surface area contributed by atoms with Crippen LogP contribution in [0.2, 0.25) is 0 Å². The number of likely N-dealkylation sites (tertiary alicyclic amines) is 1. The molecule has 26 heavy (non-hydrogen) atoms. The lowest BCUT2D eigenvalue weighted by Gasteiger charge is -2.31. The number of ether oxygens (including phenoxy) is 1. The van der Waals surface area contributed by atoms with E-state index in [2.05, 4.69) is 20.4 Å². The van der Waals surface area contributed by atoms with Crippen molar-refractivity contribution in [3.8, 4) is 17.0 Å². The number of aromatic amines is 2. The molecule has 0 aliphatic carbocycles. The Hall–Kier alpha value is -3.09. The number of nitrogens with zero attached hydrogens (tertiary/aromatic N) is 3. The number of hydrogen-bond donors (Lipinski definition) is 2. The lowest BCUT2D eigenvalue weighted by atomic mass is 9.95. The number of aromatic nitrogens is 4. The molecule has 1 saturated heterocycles. The highest BCUT2D eigenvalue weighted by atomic mass is 16.5. The molecule has 3 aromatic rings. The third kappa shape index (κ3) is 3.20. The molecule has 1 aliphatic rings. The van der Waals surface area contributed by atoms with Gasteiger partial charge in [-0.2, -0.15) is 10.2 Å². The highest BCUT2D eigenvalue weighted by Crippen LogP contribution is 2.27. The number of amides is 1. The van der Waals surface area contributed by atoms with Crippen molar-refractivity contribution >= 4 is 5.91 Å². The van der Waals surface area contributed by atoms with Crippen molar-refractivity contribution in [1.29, 1.82) is 0 Å². The summed E-state index contributed by atoms with van der Waals surface area (Å²) >= 11 is 0. The molecule has 4 rings (SSSR count). The Balaban J connectivity index is 1.51. The molecule has 3 heterocycles. The van der Waals surface area contributed by atoms with E-state index in [4.69, 9.17) is 4.74 Å². The normalized spacial score (nSPS) is 17.3. The minimum absolute atomic E-state index is 0.0177. The number of carbonyl (C=O) groups is 1. The third-order valence-corrected chi connectivity index (χ3v) is 4.84. The van der Waals surface area contributed by atoms with Crippen molar-refractivity contribution in [3.63, 3.8) is 0 Å². The van der Waals surface area contributed by atoms with Crippen LogP contribution in [0, 0.1) is 0 Å². The number of methoxy groups -OCH3 is 1. The van der Waals surface area contributed by atoms with Crippen molar-refractivity contribution < 1.29 is 9.53 Å². The lowest BCUT2D eigenvalue weighted by Crippen LogP contribution is -2.39. The van der Waals surface area contributed by atoms with Gasteiger partial charge in [0.2, 0.25) is 0 Å². The number of hydrogen-bond acceptors (Lipinski definition) is 4. The molecule has 0 radical (unpaired) electrons. The highest BCUT2D eigenvalue weighted by molar-refractivity contribution is 5.93. The van der Waals surface area contributed by atoms with Crippen molar-refractivity contribution in [2.45, 2.75) is 18.8 Å². The van der Waals surface area contributed by atoms with Gasteiger partial charge < -0.3 is 9.64 Å². The predicted molar refractivity (Wildman–Crippen MR) is 97.0 cm³/mol. The Bertz CT molecular complexity index is 887. The molecule has 0 spiro atoms. The van der Waals surface area contributed by atoms with Crippen LogP contribution in [0.25, 0.3) is 11.3 Å². The maximum atomic E-state index is 12.9. The van der Waals surface area contributed by atoms with Gasteiger partial charge in [0, 0.05) is 36.5 Å². The average Bonchev–Trinajstić information content (AvgIpc) is 3.39. The number of H-pyrrole nitrogens is 2. The number of piperidine rings is 1. The second-order valence-corrected chi connectivity index (χ2v) is 6.50. The number of nitrogens with one attached hydrogen (secondary N) is 2. The summed E-state index contributed by atoms with van der Waals surface area (Å²) in [5.41, 5.74) is 3.24. The molecule has 1 aromatic carbocycles. The predicted octanol–water partition coefficient (Wildman–Crippen LogP) is 2.83. The van der Waals surface area contributed by atoms with Crippen LogP contribution in [0.3, 0.4) is 0 Å². The molecule has 2 N–H and O–H groups in total. The van der Waals surface area contributed by atoms with E-state index in [1.807, 2.05) is 35.2 Å². The Morgan fingerprint density at radius 2 is 2.19 bits per heavy atom. The van der Waals surface area contributed by atoms with E-state index < -0.39 is 0 Å². The quantitative estimate of drug-likeness (QED) is 0.757. The van der Waals surface area contributed by atoms with Crippen LogP contribution in [0.1, 0.15) is 34.9 Å². The van der Waals surface area contributed by atoms with E-state index >= 15 is 0 Å². The van der Waals surface area contributed by atoms with Gasteiger partial charge in [-0.15, -0.1) is 0 Å². The van der Waals surface area contributed by atoms with Crippen molar-refractivity contribution in [2.24, 2.45) is 0 Å². The van der Waals surface area contributed by atoms with Gasteiger partial charge in [-0.25, -0.2) is 0 Å². The zero-order chi connectivity index (χ0) is 17.9. The van der Waals surface area contributed by atoms with E-state index in [9.17, 15) is 4.79 Å². The molecule has 134 valence electrons. The Morgan fingerprint density at radius 1 is 1.27 bits per heavy atom. The van der Waals surface area contributed by atoms with E-state index in [-0.39, 0.29) is 5.91 Å². The highest BCUT2D eigenvalue weighted by Gasteiger charge is 2.27. The first-order valence-electron chi connectivity index (χ1n) is 8.73. The largest absolute Gasteiger partial charge is 0.497 e. The molecule has 0 saturated carbocycles. The van der Waals surface area contributed by atoms with Crippen LogP contribution in [0.4, 0.5) is 0 Å². The fraction of sp³-hybridized carbons (Fsp3) is 0.316. The first-order chi connectivity index (χ1) is 12.7. The molecule has 1 fully saturated rings. The Labute approximate surface area is 151 Å². The first kappa shape index (κ1) is 16.4.